The van der Waals surface area contributed by atoms with E-state index >= 15 is 0 Å². The Morgan fingerprint density at radius 1 is 1.10 bits per heavy atom. The molecule has 1 amide bonds. The number of carbonyl (C=O) groups is 1. The molecule has 31 heavy (non-hydrogen) atoms. The first-order chi connectivity index (χ1) is 14.5. The van der Waals surface area contributed by atoms with Crippen LogP contribution in [0.2, 0.25) is 0 Å². The topological polar surface area (TPSA) is 79.8 Å². The molecule has 0 aliphatic rings. The highest BCUT2D eigenvalue weighted by molar-refractivity contribution is 7.90. The quantitative estimate of drug-likeness (QED) is 0.509. The van der Waals surface area contributed by atoms with Crippen molar-refractivity contribution in [3.63, 3.8) is 0 Å². The van der Waals surface area contributed by atoms with Crippen molar-refractivity contribution in [1.82, 2.24) is 9.88 Å². The monoisotopic (exact) mass is 461 g/mol. The molecule has 0 spiro atoms. The molecule has 0 unspecified atom stereocenters. The van der Waals surface area contributed by atoms with Crippen LogP contribution in [0.25, 0.3) is 10.2 Å². The minimum atomic E-state index is -3.32. The van der Waals surface area contributed by atoms with Gasteiger partial charge in [0.2, 0.25) is 0 Å². The molecule has 0 N–H and O–H groups in total. The SMILES string of the molecule is CC(C)Oc1ccc(C(=O)N(CCN(C)C)c2nc3ccc(S(C)(=O)=O)cc3s2)cc1. The number of likely N-dealkylation sites (N-methyl/N-ethyl adjacent to an activating group) is 1. The molecule has 1 heterocycles. The lowest BCUT2D eigenvalue weighted by atomic mass is 10.2. The fraction of sp³-hybridized carbons (Fsp3) is 0.364. The summed E-state index contributed by atoms with van der Waals surface area (Å²) in [7, 11) is 0.565. The molecule has 166 valence electrons. The number of nitrogens with zero attached hydrogens (tertiary/aromatic N) is 3. The lowest BCUT2D eigenvalue weighted by Crippen LogP contribution is -2.36. The van der Waals surface area contributed by atoms with Crippen molar-refractivity contribution in [2.45, 2.75) is 24.8 Å². The maximum atomic E-state index is 13.3. The Morgan fingerprint density at radius 3 is 2.35 bits per heavy atom. The predicted molar refractivity (Wildman–Crippen MR) is 125 cm³/mol. The molecule has 0 aliphatic heterocycles. The van der Waals surface area contributed by atoms with E-state index in [2.05, 4.69) is 4.98 Å². The first-order valence-electron chi connectivity index (χ1n) is 9.88. The molecule has 9 heteroatoms. The smallest absolute Gasteiger partial charge is 0.260 e. The van der Waals surface area contributed by atoms with Crippen LogP contribution >= 0.6 is 11.3 Å². The molecule has 0 radical (unpaired) electrons. The van der Waals surface area contributed by atoms with E-state index in [1.807, 2.05) is 32.8 Å². The van der Waals surface area contributed by atoms with Crippen molar-refractivity contribution in [1.29, 1.82) is 0 Å². The van der Waals surface area contributed by atoms with Gasteiger partial charge < -0.3 is 9.64 Å². The molecule has 0 saturated carbocycles. The van der Waals surface area contributed by atoms with Crippen molar-refractivity contribution < 1.29 is 17.9 Å². The normalized spacial score (nSPS) is 12.0. The average molecular weight is 462 g/mol. The number of benzene rings is 2. The van der Waals surface area contributed by atoms with E-state index in [0.29, 0.717) is 35.1 Å². The summed E-state index contributed by atoms with van der Waals surface area (Å²) in [5.41, 5.74) is 1.20. The fourth-order valence-corrected chi connectivity index (χ4v) is 4.68. The van der Waals surface area contributed by atoms with Gasteiger partial charge in [0.1, 0.15) is 5.75 Å². The van der Waals surface area contributed by atoms with Crippen molar-refractivity contribution in [3.8, 4) is 5.75 Å². The number of aromatic nitrogens is 1. The number of amides is 1. The number of thiazole rings is 1. The third kappa shape index (κ3) is 5.81. The molecule has 0 atom stereocenters. The minimum Gasteiger partial charge on any atom is -0.491 e. The van der Waals surface area contributed by atoms with E-state index in [9.17, 15) is 13.2 Å². The summed E-state index contributed by atoms with van der Waals surface area (Å²) < 4.78 is 30.2. The number of carbonyl (C=O) groups excluding carboxylic acids is 1. The Morgan fingerprint density at radius 2 is 1.77 bits per heavy atom. The predicted octanol–water partition coefficient (Wildman–Crippen LogP) is 3.70. The van der Waals surface area contributed by atoms with Gasteiger partial charge in [-0.15, -0.1) is 0 Å². The molecule has 3 aromatic rings. The Bertz CT molecular complexity index is 1170. The highest BCUT2D eigenvalue weighted by Gasteiger charge is 2.22. The molecule has 7 nitrogen and oxygen atoms in total. The van der Waals surface area contributed by atoms with Crippen molar-refractivity contribution >= 4 is 42.4 Å². The lowest BCUT2D eigenvalue weighted by Gasteiger charge is -2.22. The highest BCUT2D eigenvalue weighted by atomic mass is 32.2. The Labute approximate surface area is 187 Å². The van der Waals surface area contributed by atoms with Gasteiger partial charge in [0.05, 0.1) is 21.2 Å². The summed E-state index contributed by atoms with van der Waals surface area (Å²) in [6.07, 6.45) is 1.23. The van der Waals surface area contributed by atoms with Gasteiger partial charge in [-0.05, 0) is 70.4 Å². The van der Waals surface area contributed by atoms with E-state index in [0.717, 1.165) is 4.70 Å². The van der Waals surface area contributed by atoms with Gasteiger partial charge in [0.25, 0.3) is 5.91 Å². The van der Waals surface area contributed by atoms with Crippen LogP contribution in [-0.2, 0) is 9.84 Å². The lowest BCUT2D eigenvalue weighted by molar-refractivity contribution is 0.0985. The number of ether oxygens (including phenoxy) is 1. The molecule has 0 aliphatic carbocycles. The van der Waals surface area contributed by atoms with Crippen LogP contribution in [0, 0.1) is 0 Å². The van der Waals surface area contributed by atoms with Crippen molar-refractivity contribution in [2.24, 2.45) is 0 Å². The molecule has 3 rings (SSSR count). The summed E-state index contributed by atoms with van der Waals surface area (Å²) >= 11 is 1.31. The van der Waals surface area contributed by atoms with Gasteiger partial charge in [-0.1, -0.05) is 11.3 Å². The minimum absolute atomic E-state index is 0.0534. The Balaban J connectivity index is 1.95. The number of sulfone groups is 1. The summed E-state index contributed by atoms with van der Waals surface area (Å²) in [5.74, 6) is 0.542. The first-order valence-corrected chi connectivity index (χ1v) is 12.6. The fourth-order valence-electron chi connectivity index (χ4n) is 2.93. The molecule has 0 fully saturated rings. The largest absolute Gasteiger partial charge is 0.491 e. The van der Waals surface area contributed by atoms with Crippen molar-refractivity contribution in [2.75, 3.05) is 38.3 Å². The maximum absolute atomic E-state index is 13.3. The average Bonchev–Trinajstić information content (AvgIpc) is 3.10. The van der Waals surface area contributed by atoms with E-state index in [1.165, 1.54) is 17.6 Å². The summed E-state index contributed by atoms with van der Waals surface area (Å²) in [4.78, 5) is 21.8. The zero-order valence-electron chi connectivity index (χ0n) is 18.3. The Hall–Kier alpha value is -2.49. The van der Waals surface area contributed by atoms with Crippen LogP contribution in [0.3, 0.4) is 0 Å². The molecular formula is C22H27N3O4S2. The number of fused-ring (bicyclic) bond motifs is 1. The van der Waals surface area contributed by atoms with Crippen molar-refractivity contribution in [3.05, 3.63) is 48.0 Å². The second kappa shape index (κ2) is 9.33. The van der Waals surface area contributed by atoms with Gasteiger partial charge in [-0.25, -0.2) is 13.4 Å². The third-order valence-corrected chi connectivity index (χ3v) is 6.65. The zero-order chi connectivity index (χ0) is 22.8. The second-order valence-corrected chi connectivity index (χ2v) is 10.9. The van der Waals surface area contributed by atoms with E-state index in [4.69, 9.17) is 4.74 Å². The maximum Gasteiger partial charge on any atom is 0.260 e. The first kappa shape index (κ1) is 23.2. The van der Waals surface area contributed by atoms with Gasteiger partial charge in [0.15, 0.2) is 15.0 Å². The van der Waals surface area contributed by atoms with E-state index < -0.39 is 9.84 Å². The van der Waals surface area contributed by atoms with Crippen LogP contribution in [0.1, 0.15) is 24.2 Å². The summed E-state index contributed by atoms with van der Waals surface area (Å²) in [5, 5.41) is 0.537. The second-order valence-electron chi connectivity index (χ2n) is 7.85. The van der Waals surface area contributed by atoms with Crippen LogP contribution in [0.15, 0.2) is 47.4 Å². The van der Waals surface area contributed by atoms with E-state index in [1.54, 1.807) is 47.4 Å². The van der Waals surface area contributed by atoms with Crippen LogP contribution in [0.5, 0.6) is 5.75 Å². The molecular weight excluding hydrogens is 434 g/mol. The molecule has 0 saturated heterocycles. The molecule has 1 aromatic heterocycles. The number of hydrogen-bond acceptors (Lipinski definition) is 7. The van der Waals surface area contributed by atoms with Gasteiger partial charge in [0, 0.05) is 24.9 Å². The van der Waals surface area contributed by atoms with Crippen LogP contribution in [0.4, 0.5) is 5.13 Å². The van der Waals surface area contributed by atoms with Gasteiger partial charge >= 0.3 is 0 Å². The number of rotatable bonds is 8. The molecule has 2 aromatic carbocycles. The zero-order valence-corrected chi connectivity index (χ0v) is 20.0. The van der Waals surface area contributed by atoms with Gasteiger partial charge in [-0.2, -0.15) is 0 Å². The van der Waals surface area contributed by atoms with E-state index in [-0.39, 0.29) is 16.9 Å². The van der Waals surface area contributed by atoms with Gasteiger partial charge in [-0.3, -0.25) is 9.69 Å². The highest BCUT2D eigenvalue weighted by Crippen LogP contribution is 2.31. The third-order valence-electron chi connectivity index (χ3n) is 4.50. The standard InChI is InChI=1S/C22H27N3O4S2/c1-15(2)29-17-8-6-16(7-9-17)21(26)25(13-12-24(3)4)22-23-19-11-10-18(31(5,27)28)14-20(19)30-22/h6-11,14-15H,12-13H2,1-5H3. The number of hydrogen-bond donors (Lipinski definition) is 0. The summed E-state index contributed by atoms with van der Waals surface area (Å²) in [6, 6.07) is 11.9. The Kier molecular flexibility index (Phi) is 6.98. The summed E-state index contributed by atoms with van der Waals surface area (Å²) in [6.45, 7) is 5.01. The molecule has 0 bridgehead atoms. The van der Waals surface area contributed by atoms with Crippen LogP contribution in [-0.4, -0.2) is 63.8 Å². The van der Waals surface area contributed by atoms with Crippen LogP contribution < -0.4 is 9.64 Å². The number of anilines is 1.